The van der Waals surface area contributed by atoms with Crippen molar-refractivity contribution >= 4 is 15.7 Å². The third-order valence-electron chi connectivity index (χ3n) is 2.04. The Hall–Kier alpha value is -0.620. The van der Waals surface area contributed by atoms with Crippen LogP contribution < -0.4 is 5.32 Å². The average molecular weight is 236 g/mol. The van der Waals surface area contributed by atoms with Gasteiger partial charge >= 0.3 is 0 Å². The van der Waals surface area contributed by atoms with Gasteiger partial charge in [-0.3, -0.25) is 4.79 Å². The van der Waals surface area contributed by atoms with Crippen LogP contribution in [0.1, 0.15) is 13.3 Å². The highest BCUT2D eigenvalue weighted by Crippen LogP contribution is 1.88. The van der Waals surface area contributed by atoms with Gasteiger partial charge in [-0.05, 0) is 0 Å². The maximum absolute atomic E-state index is 11.1. The Bertz CT molecular complexity index is 286. The SMILES string of the molecule is CCS(=O)(=O)CCNCCC(=O)N(C)C. The molecule has 0 spiro atoms. The normalized spacial score (nSPS) is 11.4. The van der Waals surface area contributed by atoms with E-state index in [4.69, 9.17) is 0 Å². The number of sulfone groups is 1. The predicted molar refractivity (Wildman–Crippen MR) is 60.5 cm³/mol. The van der Waals surface area contributed by atoms with E-state index < -0.39 is 9.84 Å². The van der Waals surface area contributed by atoms with Crippen molar-refractivity contribution in [2.45, 2.75) is 13.3 Å². The van der Waals surface area contributed by atoms with Gasteiger partial charge in [-0.1, -0.05) is 6.92 Å². The Kier molecular flexibility index (Phi) is 6.51. The zero-order valence-electron chi connectivity index (χ0n) is 9.62. The summed E-state index contributed by atoms with van der Waals surface area (Å²) in [5.41, 5.74) is 0. The second-order valence-electron chi connectivity index (χ2n) is 3.52. The van der Waals surface area contributed by atoms with Gasteiger partial charge < -0.3 is 10.2 Å². The number of rotatable bonds is 7. The molecule has 0 heterocycles. The number of hydrogen-bond acceptors (Lipinski definition) is 4. The number of carbonyl (C=O) groups excluding carboxylic acids is 1. The summed E-state index contributed by atoms with van der Waals surface area (Å²) < 4.78 is 22.2. The largest absolute Gasteiger partial charge is 0.349 e. The number of nitrogens with zero attached hydrogens (tertiary/aromatic N) is 1. The maximum Gasteiger partial charge on any atom is 0.223 e. The van der Waals surface area contributed by atoms with Crippen LogP contribution in [0.25, 0.3) is 0 Å². The van der Waals surface area contributed by atoms with Gasteiger partial charge in [-0.15, -0.1) is 0 Å². The molecular weight excluding hydrogens is 216 g/mol. The van der Waals surface area contributed by atoms with Crippen molar-refractivity contribution in [3.05, 3.63) is 0 Å². The first kappa shape index (κ1) is 14.4. The van der Waals surface area contributed by atoms with Gasteiger partial charge in [0.05, 0.1) is 5.75 Å². The topological polar surface area (TPSA) is 66.5 Å². The van der Waals surface area contributed by atoms with Crippen LogP contribution in [0.15, 0.2) is 0 Å². The van der Waals surface area contributed by atoms with Crippen LogP contribution in [0.4, 0.5) is 0 Å². The van der Waals surface area contributed by atoms with Gasteiger partial charge in [0.15, 0.2) is 9.84 Å². The van der Waals surface area contributed by atoms with Crippen molar-refractivity contribution in [1.82, 2.24) is 10.2 Å². The minimum Gasteiger partial charge on any atom is -0.349 e. The second-order valence-corrected chi connectivity index (χ2v) is 6.00. The van der Waals surface area contributed by atoms with E-state index in [1.807, 2.05) is 0 Å². The van der Waals surface area contributed by atoms with Crippen LogP contribution in [0, 0.1) is 0 Å². The summed E-state index contributed by atoms with van der Waals surface area (Å²) in [6, 6.07) is 0. The van der Waals surface area contributed by atoms with Crippen LogP contribution in [0.2, 0.25) is 0 Å². The fraction of sp³-hybridized carbons (Fsp3) is 0.889. The minimum atomic E-state index is -2.89. The van der Waals surface area contributed by atoms with Gasteiger partial charge in [0, 0.05) is 39.4 Å². The fourth-order valence-electron chi connectivity index (χ4n) is 0.916. The third kappa shape index (κ3) is 7.33. The molecule has 0 atom stereocenters. The first-order chi connectivity index (χ1) is 6.89. The molecule has 0 aromatic rings. The molecule has 0 aromatic heterocycles. The third-order valence-corrected chi connectivity index (χ3v) is 3.75. The summed E-state index contributed by atoms with van der Waals surface area (Å²) in [4.78, 5) is 12.6. The lowest BCUT2D eigenvalue weighted by atomic mass is 10.4. The highest BCUT2D eigenvalue weighted by Gasteiger charge is 2.07. The van der Waals surface area contributed by atoms with Gasteiger partial charge in [0.1, 0.15) is 0 Å². The van der Waals surface area contributed by atoms with Crippen LogP contribution in [-0.4, -0.2) is 57.9 Å². The Morgan fingerprint density at radius 2 is 1.87 bits per heavy atom. The standard InChI is InChI=1S/C9H20N2O3S/c1-4-15(13,14)8-7-10-6-5-9(12)11(2)3/h10H,4-8H2,1-3H3. The summed E-state index contributed by atoms with van der Waals surface area (Å²) in [6.07, 6.45) is 0.402. The summed E-state index contributed by atoms with van der Waals surface area (Å²) in [5, 5.41) is 2.93. The number of carbonyl (C=O) groups is 1. The van der Waals surface area contributed by atoms with Crippen molar-refractivity contribution < 1.29 is 13.2 Å². The summed E-state index contributed by atoms with van der Waals surface area (Å²) in [6.45, 7) is 2.57. The minimum absolute atomic E-state index is 0.0425. The Morgan fingerprint density at radius 3 is 2.33 bits per heavy atom. The second kappa shape index (κ2) is 6.79. The Morgan fingerprint density at radius 1 is 1.27 bits per heavy atom. The Balaban J connectivity index is 3.53. The summed E-state index contributed by atoms with van der Waals surface area (Å²) in [7, 11) is 0.502. The highest BCUT2D eigenvalue weighted by molar-refractivity contribution is 7.91. The molecule has 0 radical (unpaired) electrons. The Labute approximate surface area is 91.8 Å². The molecule has 1 amide bonds. The molecule has 0 unspecified atom stereocenters. The van der Waals surface area contributed by atoms with Crippen molar-refractivity contribution in [3.8, 4) is 0 Å². The molecule has 0 bridgehead atoms. The van der Waals surface area contributed by atoms with Gasteiger partial charge in [0.25, 0.3) is 0 Å². The van der Waals surface area contributed by atoms with Crippen molar-refractivity contribution in [2.75, 3.05) is 38.7 Å². The molecule has 0 aliphatic rings. The molecule has 1 N–H and O–H groups in total. The first-order valence-corrected chi connectivity index (χ1v) is 6.82. The molecule has 15 heavy (non-hydrogen) atoms. The van der Waals surface area contributed by atoms with E-state index in [1.165, 1.54) is 4.90 Å². The summed E-state index contributed by atoms with van der Waals surface area (Å²) >= 11 is 0. The molecule has 0 rings (SSSR count). The predicted octanol–water partition coefficient (Wildman–Crippen LogP) is -0.511. The molecule has 0 aliphatic heterocycles. The molecule has 6 heteroatoms. The molecule has 0 fully saturated rings. The van der Waals surface area contributed by atoms with Crippen molar-refractivity contribution in [2.24, 2.45) is 0 Å². The molecular formula is C9H20N2O3S. The van der Waals surface area contributed by atoms with Crippen LogP contribution >= 0.6 is 0 Å². The lowest BCUT2D eigenvalue weighted by molar-refractivity contribution is -0.128. The molecule has 5 nitrogen and oxygen atoms in total. The number of nitrogens with one attached hydrogen (secondary N) is 1. The summed E-state index contributed by atoms with van der Waals surface area (Å²) in [5.74, 6) is 0.353. The molecule has 0 aliphatic carbocycles. The quantitative estimate of drug-likeness (QED) is 0.605. The van der Waals surface area contributed by atoms with E-state index in [-0.39, 0.29) is 17.4 Å². The van der Waals surface area contributed by atoms with Gasteiger partial charge in [-0.25, -0.2) is 8.42 Å². The molecule has 90 valence electrons. The monoisotopic (exact) mass is 236 g/mol. The van der Waals surface area contributed by atoms with Crippen molar-refractivity contribution in [3.63, 3.8) is 0 Å². The van der Waals surface area contributed by atoms with Crippen LogP contribution in [-0.2, 0) is 14.6 Å². The van der Waals surface area contributed by atoms with E-state index in [1.54, 1.807) is 21.0 Å². The van der Waals surface area contributed by atoms with E-state index in [0.717, 1.165) is 0 Å². The average Bonchev–Trinajstić information content (AvgIpc) is 2.16. The fourth-order valence-corrected chi connectivity index (χ4v) is 1.66. The van der Waals surface area contributed by atoms with Crippen LogP contribution in [0.5, 0.6) is 0 Å². The lowest BCUT2D eigenvalue weighted by Gasteiger charge is -2.10. The van der Waals surface area contributed by atoms with Crippen molar-refractivity contribution in [1.29, 1.82) is 0 Å². The maximum atomic E-state index is 11.1. The van der Waals surface area contributed by atoms with Crippen LogP contribution in [0.3, 0.4) is 0 Å². The van der Waals surface area contributed by atoms with E-state index in [2.05, 4.69) is 5.32 Å². The van der Waals surface area contributed by atoms with Gasteiger partial charge in [-0.2, -0.15) is 0 Å². The van der Waals surface area contributed by atoms with E-state index in [0.29, 0.717) is 19.5 Å². The lowest BCUT2D eigenvalue weighted by Crippen LogP contribution is -2.29. The zero-order chi connectivity index (χ0) is 11.9. The number of hydrogen-bond donors (Lipinski definition) is 1. The van der Waals surface area contributed by atoms with E-state index in [9.17, 15) is 13.2 Å². The zero-order valence-corrected chi connectivity index (χ0v) is 10.4. The van der Waals surface area contributed by atoms with Gasteiger partial charge in [0.2, 0.25) is 5.91 Å². The highest BCUT2D eigenvalue weighted by atomic mass is 32.2. The molecule has 0 aromatic carbocycles. The molecule has 0 saturated carbocycles. The smallest absolute Gasteiger partial charge is 0.223 e. The van der Waals surface area contributed by atoms with E-state index >= 15 is 0 Å². The molecule has 0 saturated heterocycles. The first-order valence-electron chi connectivity index (χ1n) is 5.00. The number of amides is 1.